The monoisotopic (exact) mass is 389 g/mol. The number of imidazole rings is 1. The first kappa shape index (κ1) is 20.8. The van der Waals surface area contributed by atoms with Crippen molar-refractivity contribution in [1.29, 1.82) is 0 Å². The molecule has 1 fully saturated rings. The third-order valence-electron chi connectivity index (χ3n) is 5.83. The van der Waals surface area contributed by atoms with Crippen LogP contribution in [0.25, 0.3) is 0 Å². The number of rotatable bonds is 6. The van der Waals surface area contributed by atoms with Crippen molar-refractivity contribution in [2.24, 2.45) is 11.3 Å². The van der Waals surface area contributed by atoms with Gasteiger partial charge in [0.15, 0.2) is 5.69 Å². The predicted octanol–water partition coefficient (Wildman–Crippen LogP) is 1.95. The topological polar surface area (TPSA) is 79.3 Å². The number of amides is 2. The van der Waals surface area contributed by atoms with Gasteiger partial charge in [0.2, 0.25) is 5.91 Å². The molecule has 0 saturated heterocycles. The number of nitrogens with zero attached hydrogens (tertiary/aromatic N) is 3. The number of carbonyl (C=O) groups is 2. The highest BCUT2D eigenvalue weighted by Crippen LogP contribution is 2.34. The lowest BCUT2D eigenvalue weighted by molar-refractivity contribution is -0.124. The Morgan fingerprint density at radius 3 is 2.57 bits per heavy atom. The molecule has 3 rings (SSSR count). The van der Waals surface area contributed by atoms with Crippen LogP contribution in [-0.2, 0) is 24.3 Å². The minimum atomic E-state index is -0.610. The van der Waals surface area contributed by atoms with Crippen molar-refractivity contribution in [1.82, 2.24) is 25.1 Å². The van der Waals surface area contributed by atoms with Crippen LogP contribution in [0, 0.1) is 11.3 Å². The first-order chi connectivity index (χ1) is 13.2. The Morgan fingerprint density at radius 2 is 1.96 bits per heavy atom. The molecule has 0 aromatic carbocycles. The quantitative estimate of drug-likeness (QED) is 0.779. The summed E-state index contributed by atoms with van der Waals surface area (Å²) in [5.41, 5.74) is 1.07. The van der Waals surface area contributed by atoms with Crippen molar-refractivity contribution in [3.63, 3.8) is 0 Å². The van der Waals surface area contributed by atoms with E-state index in [-0.39, 0.29) is 11.8 Å². The van der Waals surface area contributed by atoms with Crippen LogP contribution in [0.5, 0.6) is 0 Å². The molecule has 1 atom stereocenters. The zero-order valence-corrected chi connectivity index (χ0v) is 18.0. The second kappa shape index (κ2) is 8.23. The van der Waals surface area contributed by atoms with Crippen molar-refractivity contribution < 1.29 is 9.59 Å². The fourth-order valence-electron chi connectivity index (χ4n) is 3.93. The highest BCUT2D eigenvalue weighted by atomic mass is 16.2. The highest BCUT2D eigenvalue weighted by molar-refractivity contribution is 5.97. The summed E-state index contributed by atoms with van der Waals surface area (Å²) in [5, 5.41) is 5.62. The molecule has 0 bridgehead atoms. The van der Waals surface area contributed by atoms with Crippen molar-refractivity contribution in [2.45, 2.75) is 72.0 Å². The van der Waals surface area contributed by atoms with Gasteiger partial charge in [0.1, 0.15) is 11.9 Å². The van der Waals surface area contributed by atoms with Crippen LogP contribution >= 0.6 is 0 Å². The summed E-state index contributed by atoms with van der Waals surface area (Å²) >= 11 is 0. The number of likely N-dealkylation sites (N-methyl/N-ethyl adjacent to an activating group) is 1. The summed E-state index contributed by atoms with van der Waals surface area (Å²) in [6, 6.07) is -0.610. The Kier molecular flexibility index (Phi) is 6.12. The largest absolute Gasteiger partial charge is 0.357 e. The van der Waals surface area contributed by atoms with E-state index in [2.05, 4.69) is 27.1 Å². The maximum absolute atomic E-state index is 13.2. The minimum absolute atomic E-state index is 0.183. The number of aryl methyl sites for hydroxylation is 1. The molecule has 2 aliphatic rings. The van der Waals surface area contributed by atoms with Gasteiger partial charge in [-0.2, -0.15) is 0 Å². The Bertz CT molecular complexity index is 730. The number of carbonyl (C=O) groups excluding carboxylic acids is 2. The van der Waals surface area contributed by atoms with E-state index < -0.39 is 11.5 Å². The smallest absolute Gasteiger partial charge is 0.272 e. The molecule has 2 N–H and O–H groups in total. The van der Waals surface area contributed by atoms with Crippen LogP contribution in [-0.4, -0.2) is 52.9 Å². The van der Waals surface area contributed by atoms with Gasteiger partial charge in [-0.15, -0.1) is 0 Å². The molecule has 1 aromatic heterocycles. The highest BCUT2D eigenvalue weighted by Gasteiger charge is 2.34. The van der Waals surface area contributed by atoms with Crippen molar-refractivity contribution >= 4 is 11.8 Å². The predicted molar refractivity (Wildman–Crippen MR) is 109 cm³/mol. The van der Waals surface area contributed by atoms with E-state index in [1.54, 1.807) is 7.05 Å². The second-order valence-corrected chi connectivity index (χ2v) is 9.44. The Labute approximate surface area is 168 Å². The number of hydrogen-bond donors (Lipinski definition) is 2. The maximum atomic E-state index is 13.2. The lowest BCUT2D eigenvalue weighted by Gasteiger charge is -2.29. The number of aromatic nitrogens is 2. The summed E-state index contributed by atoms with van der Waals surface area (Å²) in [5.74, 6) is 1.42. The second-order valence-electron chi connectivity index (χ2n) is 9.44. The molecular weight excluding hydrogens is 354 g/mol. The Balaban J connectivity index is 1.88. The summed E-state index contributed by atoms with van der Waals surface area (Å²) < 4.78 is 2.26. The average Bonchev–Trinajstić information content (AvgIpc) is 3.42. The maximum Gasteiger partial charge on any atom is 0.272 e. The number of fused-ring (bicyclic) bond motifs is 1. The molecular formula is C21H35N5O2. The van der Waals surface area contributed by atoms with Gasteiger partial charge in [-0.3, -0.25) is 9.59 Å². The van der Waals surface area contributed by atoms with E-state index in [9.17, 15) is 9.59 Å². The van der Waals surface area contributed by atoms with E-state index in [4.69, 9.17) is 4.98 Å². The summed E-state index contributed by atoms with van der Waals surface area (Å²) in [4.78, 5) is 32.6. The zero-order valence-electron chi connectivity index (χ0n) is 18.0. The molecule has 7 heteroatoms. The Hall–Kier alpha value is -1.89. The van der Waals surface area contributed by atoms with Gasteiger partial charge in [-0.25, -0.2) is 4.98 Å². The van der Waals surface area contributed by atoms with E-state index in [1.807, 2.05) is 20.8 Å². The van der Waals surface area contributed by atoms with Gasteiger partial charge >= 0.3 is 0 Å². The summed E-state index contributed by atoms with van der Waals surface area (Å²) in [7, 11) is 3.68. The van der Waals surface area contributed by atoms with Gasteiger partial charge in [-0.1, -0.05) is 33.6 Å². The van der Waals surface area contributed by atoms with Crippen LogP contribution in [0.1, 0.15) is 68.5 Å². The van der Waals surface area contributed by atoms with Gasteiger partial charge < -0.3 is 20.1 Å². The van der Waals surface area contributed by atoms with Crippen LogP contribution in [0.4, 0.5) is 0 Å². The Morgan fingerprint density at radius 1 is 1.25 bits per heavy atom. The van der Waals surface area contributed by atoms with Gasteiger partial charge in [0.25, 0.3) is 5.91 Å². The molecule has 0 radical (unpaired) electrons. The minimum Gasteiger partial charge on any atom is -0.357 e. The van der Waals surface area contributed by atoms with Crippen LogP contribution in [0.2, 0.25) is 0 Å². The SMILES string of the molecule is CNC(=O)C(NC(=O)c1nc(CCC2CC2)n2c1CN(C)CCC2)C(C)(C)C. The summed E-state index contributed by atoms with van der Waals surface area (Å²) in [6.45, 7) is 8.48. The molecule has 156 valence electrons. The van der Waals surface area contributed by atoms with Gasteiger partial charge in [0, 0.05) is 26.6 Å². The average molecular weight is 390 g/mol. The lowest BCUT2D eigenvalue weighted by atomic mass is 9.86. The normalized spacial score (nSPS) is 18.9. The van der Waals surface area contributed by atoms with E-state index in [0.29, 0.717) is 12.2 Å². The standard InChI is InChI=1S/C21H35N5O2/c1-21(2,3)18(20(28)22-4)24-19(27)17-15-13-25(5)11-6-12-26(15)16(23-17)10-9-14-7-8-14/h14,18H,6-13H2,1-5H3,(H,22,28)(H,24,27). The molecule has 7 nitrogen and oxygen atoms in total. The fraction of sp³-hybridized carbons (Fsp3) is 0.762. The van der Waals surface area contributed by atoms with Crippen LogP contribution in [0.15, 0.2) is 0 Å². The third-order valence-corrected chi connectivity index (χ3v) is 5.83. The summed E-state index contributed by atoms with van der Waals surface area (Å²) in [6.07, 6.45) is 5.77. The third kappa shape index (κ3) is 4.74. The number of hydrogen-bond acceptors (Lipinski definition) is 4. The molecule has 2 heterocycles. The molecule has 1 unspecified atom stereocenters. The number of nitrogens with one attached hydrogen (secondary N) is 2. The molecule has 1 aliphatic carbocycles. The van der Waals surface area contributed by atoms with Crippen molar-refractivity contribution in [2.75, 3.05) is 20.6 Å². The lowest BCUT2D eigenvalue weighted by Crippen LogP contribution is -2.53. The molecule has 28 heavy (non-hydrogen) atoms. The van der Waals surface area contributed by atoms with Crippen LogP contribution < -0.4 is 10.6 Å². The van der Waals surface area contributed by atoms with Crippen LogP contribution in [0.3, 0.4) is 0 Å². The zero-order chi connectivity index (χ0) is 20.5. The molecule has 1 aromatic rings. The van der Waals surface area contributed by atoms with E-state index in [1.165, 1.54) is 12.8 Å². The van der Waals surface area contributed by atoms with E-state index >= 15 is 0 Å². The first-order valence-corrected chi connectivity index (χ1v) is 10.5. The first-order valence-electron chi connectivity index (χ1n) is 10.5. The van der Waals surface area contributed by atoms with Crippen molar-refractivity contribution in [3.8, 4) is 0 Å². The van der Waals surface area contributed by atoms with Gasteiger partial charge in [-0.05, 0) is 37.8 Å². The molecule has 1 saturated carbocycles. The molecule has 2 amide bonds. The fourth-order valence-corrected chi connectivity index (χ4v) is 3.93. The van der Waals surface area contributed by atoms with Crippen molar-refractivity contribution in [3.05, 3.63) is 17.2 Å². The van der Waals surface area contributed by atoms with E-state index in [0.717, 1.165) is 49.8 Å². The van der Waals surface area contributed by atoms with Gasteiger partial charge in [0.05, 0.1) is 5.69 Å². The molecule has 0 spiro atoms. The molecule has 1 aliphatic heterocycles.